The number of benzene rings is 1. The molecule has 1 fully saturated rings. The lowest BCUT2D eigenvalue weighted by atomic mass is 10.0. The van der Waals surface area contributed by atoms with Gasteiger partial charge in [-0.2, -0.15) is 13.2 Å². The summed E-state index contributed by atoms with van der Waals surface area (Å²) in [5, 5.41) is 3.90. The lowest BCUT2D eigenvalue weighted by Crippen LogP contribution is -2.41. The van der Waals surface area contributed by atoms with E-state index in [-0.39, 0.29) is 12.6 Å². The van der Waals surface area contributed by atoms with E-state index in [9.17, 15) is 22.8 Å². The topological polar surface area (TPSA) is 78.2 Å². The second-order valence-electron chi connectivity index (χ2n) is 9.24. The van der Waals surface area contributed by atoms with Gasteiger partial charge < -0.3 is 10.1 Å². The van der Waals surface area contributed by atoms with Crippen molar-refractivity contribution in [1.82, 2.24) is 19.4 Å². The third-order valence-corrected chi connectivity index (χ3v) is 7.69. The first kappa shape index (κ1) is 26.5. The summed E-state index contributed by atoms with van der Waals surface area (Å²) in [5.41, 5.74) is 1.44. The fourth-order valence-corrected chi connectivity index (χ4v) is 6.03. The van der Waals surface area contributed by atoms with E-state index in [1.807, 2.05) is 25.1 Å². The molecule has 1 atom stereocenters. The summed E-state index contributed by atoms with van der Waals surface area (Å²) in [6.07, 6.45) is -0.107. The highest BCUT2D eigenvalue weighted by atomic mass is 35.5. The van der Waals surface area contributed by atoms with Gasteiger partial charge in [0, 0.05) is 46.0 Å². The van der Waals surface area contributed by atoms with Crippen molar-refractivity contribution in [3.63, 3.8) is 0 Å². The maximum absolute atomic E-state index is 12.9. The zero-order valence-corrected chi connectivity index (χ0v) is 21.9. The van der Waals surface area contributed by atoms with Gasteiger partial charge in [-0.1, -0.05) is 11.6 Å². The van der Waals surface area contributed by atoms with Crippen molar-refractivity contribution in [2.24, 2.45) is 0 Å². The highest BCUT2D eigenvalue weighted by molar-refractivity contribution is 7.19. The number of piperidine rings is 1. The van der Waals surface area contributed by atoms with Crippen molar-refractivity contribution in [1.29, 1.82) is 0 Å². The molecule has 1 aliphatic rings. The Morgan fingerprint density at radius 3 is 2.76 bits per heavy atom. The Labute approximate surface area is 224 Å². The zero-order chi connectivity index (χ0) is 27.0. The Morgan fingerprint density at radius 1 is 1.21 bits per heavy atom. The number of nitrogens with one attached hydrogen (secondary N) is 1. The van der Waals surface area contributed by atoms with Crippen LogP contribution in [0.2, 0.25) is 5.02 Å². The first-order valence-electron chi connectivity index (χ1n) is 12.0. The molecule has 1 N–H and O–H groups in total. The number of alkyl halides is 3. The summed E-state index contributed by atoms with van der Waals surface area (Å²) in [4.78, 5) is 30.1. The van der Waals surface area contributed by atoms with Gasteiger partial charge in [-0.3, -0.25) is 18.9 Å². The first-order chi connectivity index (χ1) is 18.1. The molecule has 0 unspecified atom stereocenters. The number of fused-ring (bicyclic) bond motifs is 1. The zero-order valence-electron chi connectivity index (χ0n) is 20.3. The molecule has 0 spiro atoms. The summed E-state index contributed by atoms with van der Waals surface area (Å²) >= 11 is 7.75. The number of aryl methyl sites for hydroxylation is 1. The molecule has 12 heteroatoms. The second-order valence-corrected chi connectivity index (χ2v) is 10.8. The van der Waals surface area contributed by atoms with Crippen LogP contribution < -0.4 is 21.3 Å². The number of hydrogen-bond acceptors (Lipinski definition) is 6. The second kappa shape index (κ2) is 10.5. The van der Waals surface area contributed by atoms with Crippen LogP contribution in [0, 0.1) is 6.92 Å². The molecule has 1 aliphatic heterocycles. The average Bonchev–Trinajstić information content (AvgIpc) is 3.28. The largest absolute Gasteiger partial charge is 0.488 e. The number of aromatic nitrogens is 3. The van der Waals surface area contributed by atoms with Gasteiger partial charge in [-0.15, -0.1) is 11.3 Å². The highest BCUT2D eigenvalue weighted by Gasteiger charge is 2.29. The van der Waals surface area contributed by atoms with Crippen LogP contribution in [0.5, 0.6) is 5.75 Å². The number of ether oxygens (including phenoxy) is 1. The molecule has 0 saturated carbocycles. The van der Waals surface area contributed by atoms with Gasteiger partial charge in [-0.25, -0.2) is 4.79 Å². The Bertz CT molecular complexity index is 1610. The van der Waals surface area contributed by atoms with Gasteiger partial charge in [0.1, 0.15) is 18.4 Å². The van der Waals surface area contributed by atoms with Crippen LogP contribution in [0.1, 0.15) is 23.3 Å². The van der Waals surface area contributed by atoms with Crippen molar-refractivity contribution in [2.75, 3.05) is 13.1 Å². The lowest BCUT2D eigenvalue weighted by molar-refractivity contribution is -0.141. The van der Waals surface area contributed by atoms with E-state index in [0.29, 0.717) is 20.0 Å². The molecular formula is C26H24ClF3N4O3S. The van der Waals surface area contributed by atoms with E-state index in [0.717, 1.165) is 69.9 Å². The number of halogens is 4. The molecular weight excluding hydrogens is 541 g/mol. The number of thiophene rings is 1. The van der Waals surface area contributed by atoms with E-state index >= 15 is 0 Å². The van der Waals surface area contributed by atoms with Crippen LogP contribution in [0.4, 0.5) is 13.2 Å². The molecule has 38 heavy (non-hydrogen) atoms. The van der Waals surface area contributed by atoms with Crippen LogP contribution in [0.15, 0.2) is 52.3 Å². The Balaban J connectivity index is 1.55. The SMILES string of the molecule is Cc1cc(Cl)cc(-c2ccnc3cc(Cn4c(=O)ccn(CC(F)(F)F)c4=O)sc23)c1O[C@H]1CCCNC1. The maximum Gasteiger partial charge on any atom is 0.406 e. The Morgan fingerprint density at radius 2 is 2.03 bits per heavy atom. The smallest absolute Gasteiger partial charge is 0.406 e. The minimum Gasteiger partial charge on any atom is -0.488 e. The van der Waals surface area contributed by atoms with E-state index < -0.39 is 24.0 Å². The number of nitrogens with zero attached hydrogens (tertiary/aromatic N) is 3. The monoisotopic (exact) mass is 564 g/mol. The predicted octanol–water partition coefficient (Wildman–Crippen LogP) is 4.99. The number of rotatable bonds is 6. The van der Waals surface area contributed by atoms with E-state index in [2.05, 4.69) is 10.3 Å². The molecule has 200 valence electrons. The van der Waals surface area contributed by atoms with Crippen LogP contribution >= 0.6 is 22.9 Å². The highest BCUT2D eigenvalue weighted by Crippen LogP contribution is 2.42. The third-order valence-electron chi connectivity index (χ3n) is 6.33. The third kappa shape index (κ3) is 5.64. The van der Waals surface area contributed by atoms with Gasteiger partial charge in [0.15, 0.2) is 0 Å². The lowest BCUT2D eigenvalue weighted by Gasteiger charge is -2.26. The van der Waals surface area contributed by atoms with Crippen molar-refractivity contribution < 1.29 is 17.9 Å². The molecule has 4 aromatic rings. The standard InChI is InChI=1S/C26H24ClF3N4O3S/c1-15-9-16(27)10-20(23(15)37-17-3-2-6-31-12-17)19-4-7-32-21-11-18(38-24(19)21)13-34-22(35)5-8-33(25(34)36)14-26(28,29)30/h4-5,7-11,17,31H,2-3,6,12-14H2,1H3/t17-/m0/s1. The molecule has 1 saturated heterocycles. The van der Waals surface area contributed by atoms with Crippen LogP contribution in [0.3, 0.4) is 0 Å². The first-order valence-corrected chi connectivity index (χ1v) is 13.2. The minimum absolute atomic E-state index is 0.0161. The van der Waals surface area contributed by atoms with E-state index in [4.69, 9.17) is 16.3 Å². The van der Waals surface area contributed by atoms with Crippen molar-refractivity contribution in [3.8, 4) is 16.9 Å². The number of pyridine rings is 1. The molecule has 5 rings (SSSR count). The fraction of sp³-hybridized carbons (Fsp3) is 0.346. The molecule has 1 aromatic carbocycles. The van der Waals surface area contributed by atoms with Crippen molar-refractivity contribution in [3.05, 3.63) is 79.0 Å². The van der Waals surface area contributed by atoms with E-state index in [1.165, 1.54) is 11.3 Å². The van der Waals surface area contributed by atoms with Crippen LogP contribution in [-0.2, 0) is 13.1 Å². The van der Waals surface area contributed by atoms with E-state index in [1.54, 1.807) is 12.3 Å². The molecule has 0 aliphatic carbocycles. The van der Waals surface area contributed by atoms with Gasteiger partial charge in [0.25, 0.3) is 5.56 Å². The fourth-order valence-electron chi connectivity index (χ4n) is 4.62. The van der Waals surface area contributed by atoms with Crippen molar-refractivity contribution in [2.45, 2.75) is 45.1 Å². The maximum atomic E-state index is 12.9. The summed E-state index contributed by atoms with van der Waals surface area (Å²) in [6, 6.07) is 8.24. The molecule has 0 bridgehead atoms. The molecule has 0 amide bonds. The summed E-state index contributed by atoms with van der Waals surface area (Å²) in [7, 11) is 0. The summed E-state index contributed by atoms with van der Waals surface area (Å²) < 4.78 is 47.2. The quantitative estimate of drug-likeness (QED) is 0.357. The summed E-state index contributed by atoms with van der Waals surface area (Å²) in [6.45, 7) is 1.99. The van der Waals surface area contributed by atoms with Gasteiger partial charge >= 0.3 is 11.9 Å². The Hall–Kier alpha value is -3.15. The predicted molar refractivity (Wildman–Crippen MR) is 141 cm³/mol. The molecule has 7 nitrogen and oxygen atoms in total. The number of hydrogen-bond donors (Lipinski definition) is 1. The molecule has 0 radical (unpaired) electrons. The van der Waals surface area contributed by atoms with Gasteiger partial charge in [0.05, 0.1) is 16.8 Å². The van der Waals surface area contributed by atoms with Crippen LogP contribution in [-0.4, -0.2) is 39.5 Å². The van der Waals surface area contributed by atoms with Gasteiger partial charge in [-0.05, 0) is 56.1 Å². The van der Waals surface area contributed by atoms with Crippen molar-refractivity contribution >= 4 is 33.2 Å². The summed E-state index contributed by atoms with van der Waals surface area (Å²) in [5.74, 6) is 0.722. The normalized spacial score (nSPS) is 16.2. The van der Waals surface area contributed by atoms with Crippen LogP contribution in [0.25, 0.3) is 21.3 Å². The average molecular weight is 565 g/mol. The van der Waals surface area contributed by atoms with Gasteiger partial charge in [0.2, 0.25) is 0 Å². The molecule has 3 aromatic heterocycles. The Kier molecular flexibility index (Phi) is 7.34. The molecule has 4 heterocycles. The minimum atomic E-state index is -4.59.